The highest BCUT2D eigenvalue weighted by molar-refractivity contribution is 6.00. The number of hydrogen-bond acceptors (Lipinski definition) is 3. The van der Waals surface area contributed by atoms with Crippen molar-refractivity contribution in [2.45, 2.75) is 59.4 Å². The lowest BCUT2D eigenvalue weighted by molar-refractivity contribution is -0.123. The van der Waals surface area contributed by atoms with Crippen LogP contribution in [0.15, 0.2) is 36.4 Å². The maximum atomic E-state index is 12.4. The number of carbonyl (C=O) groups is 2. The molecule has 0 fully saturated rings. The lowest BCUT2D eigenvalue weighted by Gasteiger charge is -2.14. The van der Waals surface area contributed by atoms with E-state index in [0.29, 0.717) is 11.3 Å². The zero-order chi connectivity index (χ0) is 20.5. The summed E-state index contributed by atoms with van der Waals surface area (Å²) in [5.74, 6) is 0.218. The van der Waals surface area contributed by atoms with E-state index in [2.05, 4.69) is 17.7 Å². The molecule has 2 rings (SSSR count). The number of aryl methyl sites for hydroxylation is 2. The molecule has 1 aromatic carbocycles. The Labute approximate surface area is 167 Å². The van der Waals surface area contributed by atoms with Gasteiger partial charge < -0.3 is 10.1 Å². The third-order valence-electron chi connectivity index (χ3n) is 4.62. The molecule has 2 aromatic rings. The van der Waals surface area contributed by atoms with Gasteiger partial charge >= 0.3 is 0 Å². The van der Waals surface area contributed by atoms with Crippen LogP contribution in [0.5, 0.6) is 5.75 Å². The van der Waals surface area contributed by atoms with Gasteiger partial charge in [-0.15, -0.1) is 0 Å². The number of benzene rings is 1. The lowest BCUT2D eigenvalue weighted by atomic mass is 10.1. The molecule has 2 N–H and O–H groups in total. The van der Waals surface area contributed by atoms with Crippen LogP contribution in [0.25, 0.3) is 0 Å². The molecule has 0 spiro atoms. The Morgan fingerprint density at radius 3 is 2.29 bits per heavy atom. The first-order valence-electron chi connectivity index (χ1n) is 9.89. The van der Waals surface area contributed by atoms with Gasteiger partial charge in [0.25, 0.3) is 11.8 Å². The van der Waals surface area contributed by atoms with Crippen LogP contribution in [0.4, 0.5) is 0 Å². The van der Waals surface area contributed by atoms with Gasteiger partial charge in [0.15, 0.2) is 6.61 Å². The van der Waals surface area contributed by atoms with E-state index >= 15 is 0 Å². The monoisotopic (exact) mass is 385 g/mol. The second-order valence-corrected chi connectivity index (χ2v) is 7.17. The van der Waals surface area contributed by atoms with E-state index < -0.39 is 0 Å². The molecule has 0 unspecified atom stereocenters. The highest BCUT2D eigenvalue weighted by Gasteiger charge is 2.10. The number of hydrogen-bond donors (Lipinski definition) is 2. The zero-order valence-electron chi connectivity index (χ0n) is 17.2. The molecule has 1 atom stereocenters. The Kier molecular flexibility index (Phi) is 8.11. The van der Waals surface area contributed by atoms with E-state index in [0.717, 1.165) is 24.2 Å². The molecule has 6 heteroatoms. The predicted molar refractivity (Wildman–Crippen MR) is 111 cm³/mol. The molecule has 0 aliphatic carbocycles. The molecule has 1 aromatic heterocycles. The summed E-state index contributed by atoms with van der Waals surface area (Å²) in [5, 5.41) is 2.94. The van der Waals surface area contributed by atoms with Crippen LogP contribution in [-0.4, -0.2) is 29.1 Å². The number of aromatic nitrogens is 1. The molecule has 0 bridgehead atoms. The highest BCUT2D eigenvalue weighted by atomic mass is 16.5. The Balaban J connectivity index is 1.80. The molecule has 1 heterocycles. The minimum atomic E-state index is -0.201. The Hall–Kier alpha value is -2.76. The minimum absolute atomic E-state index is 0.0363. The fourth-order valence-corrected chi connectivity index (χ4v) is 2.95. The molecule has 0 aliphatic rings. The Bertz CT molecular complexity index is 761. The van der Waals surface area contributed by atoms with Crippen molar-refractivity contribution in [3.63, 3.8) is 0 Å². The average molecular weight is 386 g/mol. The van der Waals surface area contributed by atoms with Crippen molar-refractivity contribution in [1.82, 2.24) is 9.99 Å². The summed E-state index contributed by atoms with van der Waals surface area (Å²) in [6.45, 7) is 8.00. The van der Waals surface area contributed by atoms with Crippen molar-refractivity contribution in [3.05, 3.63) is 53.3 Å². The zero-order valence-corrected chi connectivity index (χ0v) is 17.2. The van der Waals surface area contributed by atoms with Crippen molar-refractivity contribution in [3.8, 4) is 5.75 Å². The molecule has 0 saturated carbocycles. The second kappa shape index (κ2) is 10.5. The third kappa shape index (κ3) is 6.44. The third-order valence-corrected chi connectivity index (χ3v) is 4.62. The van der Waals surface area contributed by atoms with Gasteiger partial charge in [-0.1, -0.05) is 26.2 Å². The summed E-state index contributed by atoms with van der Waals surface area (Å²) in [7, 11) is 0. The second-order valence-electron chi connectivity index (χ2n) is 7.17. The van der Waals surface area contributed by atoms with Gasteiger partial charge in [0.1, 0.15) is 5.75 Å². The number of nitrogens with one attached hydrogen (secondary N) is 2. The van der Waals surface area contributed by atoms with Gasteiger partial charge in [0.05, 0.1) is 0 Å². The van der Waals surface area contributed by atoms with Crippen LogP contribution in [-0.2, 0) is 4.79 Å². The number of unbranched alkanes of at least 4 members (excludes halogenated alkanes) is 2. The van der Waals surface area contributed by atoms with Gasteiger partial charge in [-0.25, -0.2) is 0 Å². The molecule has 0 aliphatic heterocycles. The van der Waals surface area contributed by atoms with E-state index in [4.69, 9.17) is 4.74 Å². The molecule has 0 saturated heterocycles. The van der Waals surface area contributed by atoms with Gasteiger partial charge in [-0.2, -0.15) is 0 Å². The van der Waals surface area contributed by atoms with Gasteiger partial charge in [-0.3, -0.25) is 19.7 Å². The first kappa shape index (κ1) is 21.5. The number of carbonyl (C=O) groups excluding carboxylic acids is 2. The first-order valence-corrected chi connectivity index (χ1v) is 9.89. The van der Waals surface area contributed by atoms with E-state index in [1.165, 1.54) is 12.8 Å². The summed E-state index contributed by atoms with van der Waals surface area (Å²) in [6.07, 6.45) is 4.44. The van der Waals surface area contributed by atoms with Crippen molar-refractivity contribution in [1.29, 1.82) is 0 Å². The standard InChI is InChI=1S/C22H31N3O3/c1-5-6-7-8-16(2)23-21(26)15-28-20-13-11-19(12-14-20)22(27)24-25-17(3)9-10-18(25)4/h9-14,16H,5-8,15H2,1-4H3,(H,23,26)(H,24,27)/t16-/m1/s1. The summed E-state index contributed by atoms with van der Waals surface area (Å²) in [4.78, 5) is 24.4. The average Bonchev–Trinajstić information content (AvgIpc) is 2.99. The van der Waals surface area contributed by atoms with Gasteiger partial charge in [0, 0.05) is 23.0 Å². The largest absolute Gasteiger partial charge is 0.484 e. The SMILES string of the molecule is CCCCC[C@@H](C)NC(=O)COc1ccc(C(=O)Nn2c(C)ccc2C)cc1. The van der Waals surface area contributed by atoms with Crippen LogP contribution >= 0.6 is 0 Å². The number of nitrogens with zero attached hydrogens (tertiary/aromatic N) is 1. The molecule has 152 valence electrons. The molecule has 28 heavy (non-hydrogen) atoms. The smallest absolute Gasteiger partial charge is 0.270 e. The fourth-order valence-electron chi connectivity index (χ4n) is 2.95. The number of amides is 2. The molecular weight excluding hydrogens is 354 g/mol. The summed E-state index contributed by atoms with van der Waals surface area (Å²) >= 11 is 0. The van der Waals surface area contributed by atoms with Crippen molar-refractivity contribution >= 4 is 11.8 Å². The van der Waals surface area contributed by atoms with Gasteiger partial charge in [-0.05, 0) is 63.6 Å². The normalized spacial score (nSPS) is 11.7. The quantitative estimate of drug-likeness (QED) is 0.608. The Morgan fingerprint density at radius 2 is 1.68 bits per heavy atom. The predicted octanol–water partition coefficient (Wildman–Crippen LogP) is 3.95. The van der Waals surface area contributed by atoms with Crippen molar-refractivity contribution in [2.24, 2.45) is 0 Å². The summed E-state index contributed by atoms with van der Waals surface area (Å²) in [5.41, 5.74) is 5.30. The number of ether oxygens (including phenoxy) is 1. The summed E-state index contributed by atoms with van der Waals surface area (Å²) in [6, 6.07) is 10.8. The van der Waals surface area contributed by atoms with Crippen molar-refractivity contribution in [2.75, 3.05) is 12.0 Å². The fraction of sp³-hybridized carbons (Fsp3) is 0.455. The first-order chi connectivity index (χ1) is 13.4. The van der Waals surface area contributed by atoms with Crippen LogP contribution in [0, 0.1) is 13.8 Å². The van der Waals surface area contributed by atoms with Crippen LogP contribution in [0.3, 0.4) is 0 Å². The van der Waals surface area contributed by atoms with E-state index in [1.807, 2.05) is 32.9 Å². The van der Waals surface area contributed by atoms with E-state index in [9.17, 15) is 9.59 Å². The molecule has 0 radical (unpaired) electrons. The van der Waals surface area contributed by atoms with E-state index in [1.54, 1.807) is 28.9 Å². The maximum absolute atomic E-state index is 12.4. The summed E-state index contributed by atoms with van der Waals surface area (Å²) < 4.78 is 7.27. The number of rotatable bonds is 10. The van der Waals surface area contributed by atoms with Gasteiger partial charge in [0.2, 0.25) is 0 Å². The maximum Gasteiger partial charge on any atom is 0.270 e. The highest BCUT2D eigenvalue weighted by Crippen LogP contribution is 2.13. The van der Waals surface area contributed by atoms with Crippen LogP contribution < -0.4 is 15.5 Å². The minimum Gasteiger partial charge on any atom is -0.484 e. The molecule has 6 nitrogen and oxygen atoms in total. The molecular formula is C22H31N3O3. The topological polar surface area (TPSA) is 72.4 Å². The van der Waals surface area contributed by atoms with E-state index in [-0.39, 0.29) is 24.5 Å². The van der Waals surface area contributed by atoms with Crippen LogP contribution in [0.1, 0.15) is 61.3 Å². The molecule has 2 amide bonds. The lowest BCUT2D eigenvalue weighted by Crippen LogP contribution is -2.36. The van der Waals surface area contributed by atoms with Crippen LogP contribution in [0.2, 0.25) is 0 Å². The Morgan fingerprint density at radius 1 is 1.04 bits per heavy atom. The van der Waals surface area contributed by atoms with Crippen molar-refractivity contribution < 1.29 is 14.3 Å².